The van der Waals surface area contributed by atoms with E-state index in [-0.39, 0.29) is 19.8 Å². The summed E-state index contributed by atoms with van der Waals surface area (Å²) in [5, 5.41) is 8.33. The van der Waals surface area contributed by atoms with Gasteiger partial charge in [0.1, 0.15) is 19.0 Å². The molecule has 1 aromatic carbocycles. The van der Waals surface area contributed by atoms with E-state index in [0.29, 0.717) is 11.3 Å². The highest BCUT2D eigenvalue weighted by atomic mass is 16.5. The van der Waals surface area contributed by atoms with Gasteiger partial charge in [-0.15, -0.1) is 0 Å². The van der Waals surface area contributed by atoms with Crippen LogP contribution in [0.15, 0.2) is 24.3 Å². The van der Waals surface area contributed by atoms with Crippen molar-refractivity contribution in [1.29, 1.82) is 0 Å². The first kappa shape index (κ1) is 14.0. The zero-order chi connectivity index (χ0) is 13.4. The summed E-state index contributed by atoms with van der Waals surface area (Å²) in [5.41, 5.74) is 0.437. The van der Waals surface area contributed by atoms with Gasteiger partial charge in [-0.1, -0.05) is 0 Å². The van der Waals surface area contributed by atoms with Gasteiger partial charge in [-0.3, -0.25) is 0 Å². The topological polar surface area (TPSA) is 82.1 Å². The van der Waals surface area contributed by atoms with Crippen molar-refractivity contribution in [3.63, 3.8) is 0 Å². The number of methoxy groups -OCH3 is 1. The normalized spacial score (nSPS) is 9.83. The molecule has 0 unspecified atom stereocenters. The number of esters is 1. The molecule has 98 valence electrons. The maximum atomic E-state index is 11.1. The van der Waals surface area contributed by atoms with Crippen LogP contribution in [0.1, 0.15) is 10.4 Å². The molecular formula is C12H14O6. The van der Waals surface area contributed by atoms with E-state index in [1.54, 1.807) is 24.3 Å². The fraction of sp³-hybridized carbons (Fsp3) is 0.333. The standard InChI is InChI=1S/C12H14O6/c1-16-12(15)9-2-4-10(5-3-9)18-7-6-17-8-11(13)14/h2-5H,6-8H2,1H3,(H,13,14). The summed E-state index contributed by atoms with van der Waals surface area (Å²) in [6.07, 6.45) is 0. The number of carboxylic acids is 1. The third-order valence-electron chi connectivity index (χ3n) is 2.00. The SMILES string of the molecule is COC(=O)c1ccc(OCCOCC(=O)O)cc1. The molecule has 0 aliphatic heterocycles. The van der Waals surface area contributed by atoms with Crippen molar-refractivity contribution < 1.29 is 28.9 Å². The molecule has 6 nitrogen and oxygen atoms in total. The van der Waals surface area contributed by atoms with Gasteiger partial charge in [0, 0.05) is 0 Å². The number of carbonyl (C=O) groups excluding carboxylic acids is 1. The van der Waals surface area contributed by atoms with Crippen LogP contribution in [0.3, 0.4) is 0 Å². The van der Waals surface area contributed by atoms with Crippen molar-refractivity contribution in [2.24, 2.45) is 0 Å². The average molecular weight is 254 g/mol. The molecule has 0 atom stereocenters. The Balaban J connectivity index is 2.31. The highest BCUT2D eigenvalue weighted by molar-refractivity contribution is 5.89. The van der Waals surface area contributed by atoms with Crippen LogP contribution < -0.4 is 4.74 Å². The van der Waals surface area contributed by atoms with Gasteiger partial charge in [-0.25, -0.2) is 9.59 Å². The van der Waals surface area contributed by atoms with Crippen LogP contribution in [-0.4, -0.2) is 44.0 Å². The minimum atomic E-state index is -1.02. The largest absolute Gasteiger partial charge is 0.491 e. The highest BCUT2D eigenvalue weighted by Gasteiger charge is 2.04. The lowest BCUT2D eigenvalue weighted by molar-refractivity contribution is -0.142. The molecule has 6 heteroatoms. The van der Waals surface area contributed by atoms with Crippen LogP contribution in [0.4, 0.5) is 0 Å². The molecule has 1 aromatic rings. The van der Waals surface area contributed by atoms with Crippen LogP contribution in [0.5, 0.6) is 5.75 Å². The van der Waals surface area contributed by atoms with E-state index in [9.17, 15) is 9.59 Å². The molecule has 0 aliphatic carbocycles. The van der Waals surface area contributed by atoms with Gasteiger partial charge in [0.2, 0.25) is 0 Å². The maximum Gasteiger partial charge on any atom is 0.337 e. The molecule has 1 rings (SSSR count). The van der Waals surface area contributed by atoms with E-state index in [2.05, 4.69) is 4.74 Å². The molecule has 0 saturated heterocycles. The van der Waals surface area contributed by atoms with Gasteiger partial charge in [0.25, 0.3) is 0 Å². The van der Waals surface area contributed by atoms with Gasteiger partial charge < -0.3 is 19.3 Å². The fourth-order valence-electron chi connectivity index (χ4n) is 1.18. The summed E-state index contributed by atoms with van der Waals surface area (Å²) < 4.78 is 14.6. The van der Waals surface area contributed by atoms with Crippen molar-refractivity contribution in [3.8, 4) is 5.75 Å². The first-order valence-corrected chi connectivity index (χ1v) is 5.24. The van der Waals surface area contributed by atoms with E-state index in [1.807, 2.05) is 0 Å². The zero-order valence-electron chi connectivity index (χ0n) is 9.92. The van der Waals surface area contributed by atoms with Crippen molar-refractivity contribution in [1.82, 2.24) is 0 Å². The van der Waals surface area contributed by atoms with E-state index in [4.69, 9.17) is 14.6 Å². The Bertz CT molecular complexity index is 398. The zero-order valence-corrected chi connectivity index (χ0v) is 9.92. The Hall–Kier alpha value is -2.08. The Morgan fingerprint density at radius 1 is 1.17 bits per heavy atom. The Labute approximate surface area is 104 Å². The average Bonchev–Trinajstić information content (AvgIpc) is 2.38. The quantitative estimate of drug-likeness (QED) is 0.576. The van der Waals surface area contributed by atoms with E-state index < -0.39 is 11.9 Å². The number of carbonyl (C=O) groups is 2. The molecule has 0 spiro atoms. The molecular weight excluding hydrogens is 240 g/mol. The van der Waals surface area contributed by atoms with Gasteiger partial charge >= 0.3 is 11.9 Å². The first-order chi connectivity index (χ1) is 8.63. The van der Waals surface area contributed by atoms with Crippen molar-refractivity contribution in [2.75, 3.05) is 26.9 Å². The third kappa shape index (κ3) is 4.84. The number of benzene rings is 1. The second kappa shape index (κ2) is 7.29. The van der Waals surface area contributed by atoms with Crippen LogP contribution in [0.2, 0.25) is 0 Å². The van der Waals surface area contributed by atoms with Gasteiger partial charge in [0.15, 0.2) is 0 Å². The molecule has 1 N–H and O–H groups in total. The minimum Gasteiger partial charge on any atom is -0.491 e. The molecule has 0 radical (unpaired) electrons. The second-order valence-electron chi connectivity index (χ2n) is 3.31. The Morgan fingerprint density at radius 2 is 1.83 bits per heavy atom. The monoisotopic (exact) mass is 254 g/mol. The van der Waals surface area contributed by atoms with E-state index in [0.717, 1.165) is 0 Å². The van der Waals surface area contributed by atoms with Crippen molar-refractivity contribution in [2.45, 2.75) is 0 Å². The van der Waals surface area contributed by atoms with Crippen LogP contribution in [0.25, 0.3) is 0 Å². The highest BCUT2D eigenvalue weighted by Crippen LogP contribution is 2.12. The number of ether oxygens (including phenoxy) is 3. The Kier molecular flexibility index (Phi) is 5.66. The molecule has 0 aromatic heterocycles. The van der Waals surface area contributed by atoms with Gasteiger partial charge in [-0.05, 0) is 24.3 Å². The van der Waals surface area contributed by atoms with Gasteiger partial charge in [-0.2, -0.15) is 0 Å². The summed E-state index contributed by atoms with van der Waals surface area (Å²) in [4.78, 5) is 21.3. The summed E-state index contributed by atoms with van der Waals surface area (Å²) in [6.45, 7) is 0.0839. The summed E-state index contributed by atoms with van der Waals surface area (Å²) in [5.74, 6) is -0.856. The number of rotatable bonds is 7. The Morgan fingerprint density at radius 3 is 2.39 bits per heavy atom. The van der Waals surface area contributed by atoms with Gasteiger partial charge in [0.05, 0.1) is 19.3 Å². The van der Waals surface area contributed by atoms with E-state index >= 15 is 0 Å². The minimum absolute atomic E-state index is 0.186. The first-order valence-electron chi connectivity index (χ1n) is 5.24. The van der Waals surface area contributed by atoms with Crippen molar-refractivity contribution >= 4 is 11.9 Å². The predicted molar refractivity (Wildman–Crippen MR) is 61.7 cm³/mol. The molecule has 0 saturated carbocycles. The lowest BCUT2D eigenvalue weighted by Gasteiger charge is -2.06. The third-order valence-corrected chi connectivity index (χ3v) is 2.00. The van der Waals surface area contributed by atoms with E-state index in [1.165, 1.54) is 7.11 Å². The molecule has 0 heterocycles. The van der Waals surface area contributed by atoms with Crippen LogP contribution in [-0.2, 0) is 14.3 Å². The second-order valence-corrected chi connectivity index (χ2v) is 3.31. The predicted octanol–water partition coefficient (Wildman–Crippen LogP) is 0.953. The number of carboxylic acid groups (broad SMARTS) is 1. The number of aliphatic carboxylic acids is 1. The number of hydrogen-bond donors (Lipinski definition) is 1. The summed E-state index contributed by atoms with van der Waals surface area (Å²) in [7, 11) is 1.31. The summed E-state index contributed by atoms with van der Waals surface area (Å²) in [6, 6.07) is 6.42. The van der Waals surface area contributed by atoms with Crippen LogP contribution >= 0.6 is 0 Å². The van der Waals surface area contributed by atoms with Crippen molar-refractivity contribution in [3.05, 3.63) is 29.8 Å². The number of hydrogen-bond acceptors (Lipinski definition) is 5. The smallest absolute Gasteiger partial charge is 0.337 e. The van der Waals surface area contributed by atoms with Crippen LogP contribution in [0, 0.1) is 0 Å². The maximum absolute atomic E-state index is 11.1. The molecule has 0 fully saturated rings. The fourth-order valence-corrected chi connectivity index (χ4v) is 1.18. The molecule has 0 amide bonds. The lowest BCUT2D eigenvalue weighted by Crippen LogP contribution is -2.12. The molecule has 18 heavy (non-hydrogen) atoms. The summed E-state index contributed by atoms with van der Waals surface area (Å²) >= 11 is 0. The molecule has 0 aliphatic rings. The molecule has 0 bridgehead atoms. The lowest BCUT2D eigenvalue weighted by atomic mass is 10.2.